The van der Waals surface area contributed by atoms with Crippen molar-refractivity contribution < 1.29 is 9.53 Å². The van der Waals surface area contributed by atoms with Crippen molar-refractivity contribution >= 4 is 62.5 Å². The van der Waals surface area contributed by atoms with Gasteiger partial charge in [-0.3, -0.25) is 4.79 Å². The van der Waals surface area contributed by atoms with E-state index >= 15 is 0 Å². The summed E-state index contributed by atoms with van der Waals surface area (Å²) in [5.41, 5.74) is 4.07. The zero-order valence-corrected chi connectivity index (χ0v) is 22.8. The maximum atomic E-state index is 12.8. The number of nitrogens with zero attached hydrogens (tertiary/aromatic N) is 6. The number of hydrogen-bond donors (Lipinski definition) is 1. The molecule has 0 atom stereocenters. The van der Waals surface area contributed by atoms with Gasteiger partial charge in [-0.1, -0.05) is 47.6 Å². The van der Waals surface area contributed by atoms with E-state index in [-0.39, 0.29) is 11.7 Å². The molecule has 1 N–H and O–H groups in total. The minimum atomic E-state index is -0.216. The van der Waals surface area contributed by atoms with Crippen molar-refractivity contribution in [3.63, 3.8) is 0 Å². The van der Waals surface area contributed by atoms with Crippen LogP contribution in [0, 0.1) is 6.92 Å². The molecule has 1 amide bonds. The average Bonchev–Trinajstić information content (AvgIpc) is 3.51. The van der Waals surface area contributed by atoms with E-state index in [1.165, 1.54) is 11.8 Å². The first-order valence-electron chi connectivity index (χ1n) is 12.3. The molecule has 39 heavy (non-hydrogen) atoms. The molecule has 0 bridgehead atoms. The summed E-state index contributed by atoms with van der Waals surface area (Å²) in [5, 5.41) is 9.65. The number of halogens is 1. The lowest BCUT2D eigenvalue weighted by Crippen LogP contribution is -2.15. The van der Waals surface area contributed by atoms with E-state index in [1.807, 2.05) is 49.4 Å². The summed E-state index contributed by atoms with van der Waals surface area (Å²) >= 11 is 7.39. The third-order valence-corrected chi connectivity index (χ3v) is 7.53. The molecule has 6 rings (SSSR count). The highest BCUT2D eigenvalue weighted by Gasteiger charge is 2.17. The standard InChI is InChI=1S/C28H24ClN7O2S/c1-17-30-21-9-5-6-10-23(21)35(17)14-13-25-33-27-19-7-3-4-8-20(19)32-28(36(27)34-25)39-16-26(37)31-22-15-18(29)11-12-24(22)38-2/h3-12,15H,13-14,16H2,1-2H3,(H,31,37). The van der Waals surface area contributed by atoms with E-state index in [2.05, 4.69) is 20.9 Å². The minimum Gasteiger partial charge on any atom is -0.495 e. The van der Waals surface area contributed by atoms with Crippen LogP contribution in [0.4, 0.5) is 5.69 Å². The Morgan fingerprint density at radius 1 is 1.03 bits per heavy atom. The fourth-order valence-corrected chi connectivity index (χ4v) is 5.47. The summed E-state index contributed by atoms with van der Waals surface area (Å²) in [7, 11) is 1.54. The van der Waals surface area contributed by atoms with E-state index in [0.29, 0.717) is 46.1 Å². The van der Waals surface area contributed by atoms with Gasteiger partial charge in [-0.25, -0.2) is 15.0 Å². The summed E-state index contributed by atoms with van der Waals surface area (Å²) in [6, 6.07) is 21.0. The largest absolute Gasteiger partial charge is 0.495 e. The quantitative estimate of drug-likeness (QED) is 0.193. The van der Waals surface area contributed by atoms with E-state index in [1.54, 1.807) is 29.8 Å². The molecule has 0 unspecified atom stereocenters. The van der Waals surface area contributed by atoms with Crippen LogP contribution in [0.1, 0.15) is 11.6 Å². The number of thioether (sulfide) groups is 1. The normalized spacial score (nSPS) is 11.5. The second kappa shape index (κ2) is 10.5. The van der Waals surface area contributed by atoms with Gasteiger partial charge in [0.1, 0.15) is 11.6 Å². The van der Waals surface area contributed by atoms with Gasteiger partial charge in [-0.05, 0) is 49.4 Å². The van der Waals surface area contributed by atoms with Crippen LogP contribution in [0.5, 0.6) is 5.75 Å². The molecule has 196 valence electrons. The van der Waals surface area contributed by atoms with E-state index in [0.717, 1.165) is 27.8 Å². The molecule has 0 fully saturated rings. The number of imidazole rings is 1. The number of hydrogen-bond acceptors (Lipinski definition) is 7. The number of methoxy groups -OCH3 is 1. The number of carbonyl (C=O) groups is 1. The van der Waals surface area contributed by atoms with Crippen LogP contribution in [0.2, 0.25) is 5.02 Å². The molecule has 3 aromatic carbocycles. The Hall–Kier alpha value is -4.15. The molecule has 0 saturated carbocycles. The van der Waals surface area contributed by atoms with Crippen LogP contribution in [0.25, 0.3) is 27.6 Å². The number of anilines is 1. The molecule has 6 aromatic rings. The van der Waals surface area contributed by atoms with E-state index < -0.39 is 0 Å². The molecule has 0 saturated heterocycles. The molecule has 11 heteroatoms. The van der Waals surface area contributed by atoms with Crippen LogP contribution in [-0.4, -0.2) is 47.9 Å². The van der Waals surface area contributed by atoms with Gasteiger partial charge in [0.2, 0.25) is 5.91 Å². The summed E-state index contributed by atoms with van der Waals surface area (Å²) in [6.45, 7) is 2.70. The maximum absolute atomic E-state index is 12.8. The average molecular weight is 558 g/mol. The number of aromatic nitrogens is 6. The molecule has 0 radical (unpaired) electrons. The van der Waals surface area contributed by atoms with Crippen molar-refractivity contribution in [2.24, 2.45) is 0 Å². The predicted molar refractivity (Wildman–Crippen MR) is 154 cm³/mol. The van der Waals surface area contributed by atoms with Crippen LogP contribution in [0.3, 0.4) is 0 Å². The molecule has 0 aliphatic heterocycles. The number of nitrogens with one attached hydrogen (secondary N) is 1. The lowest BCUT2D eigenvalue weighted by Gasteiger charge is -2.10. The highest BCUT2D eigenvalue weighted by Crippen LogP contribution is 2.29. The third kappa shape index (κ3) is 5.00. The number of rotatable bonds is 8. The Labute approximate surface area is 233 Å². The number of aryl methyl sites for hydroxylation is 3. The SMILES string of the molecule is COc1ccc(Cl)cc1NC(=O)CSc1nc2ccccc2c2nc(CCn3c(C)nc4ccccc43)nn12. The van der Waals surface area contributed by atoms with Crippen molar-refractivity contribution in [2.75, 3.05) is 18.2 Å². The molecule has 0 aliphatic carbocycles. The number of carbonyl (C=O) groups excluding carboxylic acids is 1. The Morgan fingerprint density at radius 2 is 1.82 bits per heavy atom. The zero-order valence-electron chi connectivity index (χ0n) is 21.3. The Balaban J connectivity index is 1.27. The fourth-order valence-electron chi connectivity index (χ4n) is 4.56. The Morgan fingerprint density at radius 3 is 2.67 bits per heavy atom. The van der Waals surface area contributed by atoms with Gasteiger partial charge >= 0.3 is 0 Å². The van der Waals surface area contributed by atoms with Crippen molar-refractivity contribution in [2.45, 2.75) is 25.0 Å². The second-order valence-electron chi connectivity index (χ2n) is 8.91. The lowest BCUT2D eigenvalue weighted by atomic mass is 10.2. The van der Waals surface area contributed by atoms with Crippen molar-refractivity contribution in [1.82, 2.24) is 29.1 Å². The second-order valence-corrected chi connectivity index (χ2v) is 10.3. The predicted octanol–water partition coefficient (Wildman–Crippen LogP) is 5.57. The van der Waals surface area contributed by atoms with Gasteiger partial charge in [0, 0.05) is 23.4 Å². The first-order valence-corrected chi connectivity index (χ1v) is 13.7. The summed E-state index contributed by atoms with van der Waals surface area (Å²) in [4.78, 5) is 27.2. The zero-order chi connectivity index (χ0) is 26.9. The first kappa shape index (κ1) is 25.1. The number of amides is 1. The minimum absolute atomic E-state index is 0.117. The molecule has 0 aliphatic rings. The molecular weight excluding hydrogens is 534 g/mol. The number of ether oxygens (including phenoxy) is 1. The van der Waals surface area contributed by atoms with Crippen molar-refractivity contribution in [3.05, 3.63) is 83.4 Å². The van der Waals surface area contributed by atoms with E-state index in [9.17, 15) is 4.79 Å². The highest BCUT2D eigenvalue weighted by molar-refractivity contribution is 7.99. The monoisotopic (exact) mass is 557 g/mol. The fraction of sp³-hybridized carbons (Fsp3) is 0.179. The van der Waals surface area contributed by atoms with Gasteiger partial charge in [0.05, 0.1) is 35.1 Å². The van der Waals surface area contributed by atoms with Gasteiger partial charge < -0.3 is 14.6 Å². The molecule has 9 nitrogen and oxygen atoms in total. The molecule has 3 aromatic heterocycles. The summed E-state index contributed by atoms with van der Waals surface area (Å²) in [5.74, 6) is 2.08. The molecular formula is C28H24ClN7O2S. The lowest BCUT2D eigenvalue weighted by molar-refractivity contribution is -0.113. The van der Waals surface area contributed by atoms with Crippen molar-refractivity contribution in [1.29, 1.82) is 0 Å². The van der Waals surface area contributed by atoms with Crippen LogP contribution >= 0.6 is 23.4 Å². The Kier molecular flexibility index (Phi) is 6.80. The Bertz CT molecular complexity index is 1850. The van der Waals surface area contributed by atoms with E-state index in [4.69, 9.17) is 31.4 Å². The number of benzene rings is 3. The van der Waals surface area contributed by atoms with Crippen molar-refractivity contribution in [3.8, 4) is 5.75 Å². The number of para-hydroxylation sites is 3. The topological polar surface area (TPSA) is 99.2 Å². The third-order valence-electron chi connectivity index (χ3n) is 6.37. The van der Waals surface area contributed by atoms with Crippen LogP contribution < -0.4 is 10.1 Å². The highest BCUT2D eigenvalue weighted by atomic mass is 35.5. The van der Waals surface area contributed by atoms with Gasteiger partial charge in [0.15, 0.2) is 16.6 Å². The molecule has 0 spiro atoms. The van der Waals surface area contributed by atoms with Gasteiger partial charge in [0.25, 0.3) is 0 Å². The number of fused-ring (bicyclic) bond motifs is 4. The smallest absolute Gasteiger partial charge is 0.234 e. The summed E-state index contributed by atoms with van der Waals surface area (Å²) in [6.07, 6.45) is 0.621. The van der Waals surface area contributed by atoms with Gasteiger partial charge in [-0.15, -0.1) is 5.10 Å². The van der Waals surface area contributed by atoms with Crippen LogP contribution in [0.15, 0.2) is 71.9 Å². The summed E-state index contributed by atoms with van der Waals surface area (Å²) < 4.78 is 9.25. The van der Waals surface area contributed by atoms with Crippen LogP contribution in [-0.2, 0) is 17.8 Å². The first-order chi connectivity index (χ1) is 19.0. The maximum Gasteiger partial charge on any atom is 0.234 e. The van der Waals surface area contributed by atoms with Gasteiger partial charge in [-0.2, -0.15) is 4.52 Å². The molecule has 3 heterocycles.